The molecule has 0 aliphatic carbocycles. The number of unbranched alkanes of at least 4 members (excludes halogenated alkanes) is 24. The predicted molar refractivity (Wildman–Crippen MR) is 244 cm³/mol. The van der Waals surface area contributed by atoms with Crippen LogP contribution in [0.1, 0.15) is 226 Å². The quantitative estimate of drug-likeness (QED) is 0.0280. The number of phosphoric ester groups is 1. The second-order valence-electron chi connectivity index (χ2n) is 15.8. The van der Waals surface area contributed by atoms with Crippen LogP contribution < -0.4 is 0 Å². The Balaban J connectivity index is 4.02. The van der Waals surface area contributed by atoms with Gasteiger partial charge in [0.25, 0.3) is 0 Å². The standard InChI is InChI=1S/C49H89O8P/c1-4-7-9-11-13-15-17-19-21-23-24-25-26-28-29-31-33-35-37-39-41-43-48(50)54-45-47(46-56-58(52,53)55-6-3)57-49(51)44-42-40-38-36-34-32-30-27-22-20-18-16-14-12-10-8-5-2/h8,10,14,16,20,22,30,32,47H,4-7,9,11-13,15,17-19,21,23-29,31,33-46H2,1-3H3,(H,52,53)/b10-8-,16-14-,22-20-,32-30-. The molecule has 0 radical (unpaired) electrons. The van der Waals surface area contributed by atoms with Crippen molar-refractivity contribution < 1.29 is 37.6 Å². The summed E-state index contributed by atoms with van der Waals surface area (Å²) in [5.41, 5.74) is 0. The Bertz CT molecular complexity index is 1080. The van der Waals surface area contributed by atoms with Crippen molar-refractivity contribution in [2.24, 2.45) is 0 Å². The third kappa shape index (κ3) is 43.6. The zero-order chi connectivity index (χ0) is 42.5. The molecule has 0 saturated heterocycles. The molecule has 2 unspecified atom stereocenters. The van der Waals surface area contributed by atoms with Crippen molar-refractivity contribution in [1.29, 1.82) is 0 Å². The predicted octanol–water partition coefficient (Wildman–Crippen LogP) is 15.3. The van der Waals surface area contributed by atoms with E-state index in [-0.39, 0.29) is 25.6 Å². The van der Waals surface area contributed by atoms with E-state index in [0.29, 0.717) is 12.8 Å². The second-order valence-corrected chi connectivity index (χ2v) is 17.2. The normalized spacial score (nSPS) is 13.7. The first-order valence-electron chi connectivity index (χ1n) is 23.9. The molecule has 338 valence electrons. The summed E-state index contributed by atoms with van der Waals surface area (Å²) < 4.78 is 32.7. The SMILES string of the molecule is CC/C=C\C/C=C\C/C=C\C/C=C\CCCCCCC(=O)OC(COC(=O)CCCCCCCCCCCCCCCCCCCCCCC)COP(=O)(O)OCC. The van der Waals surface area contributed by atoms with Gasteiger partial charge in [-0.3, -0.25) is 18.6 Å². The maximum Gasteiger partial charge on any atom is 0.472 e. The van der Waals surface area contributed by atoms with Crippen LogP contribution in [0.15, 0.2) is 48.6 Å². The Morgan fingerprint density at radius 3 is 1.33 bits per heavy atom. The third-order valence-electron chi connectivity index (χ3n) is 10.1. The molecule has 0 bridgehead atoms. The van der Waals surface area contributed by atoms with Gasteiger partial charge >= 0.3 is 19.8 Å². The fourth-order valence-electron chi connectivity index (χ4n) is 6.68. The zero-order valence-corrected chi connectivity index (χ0v) is 38.6. The van der Waals surface area contributed by atoms with E-state index < -0.39 is 26.5 Å². The van der Waals surface area contributed by atoms with E-state index >= 15 is 0 Å². The van der Waals surface area contributed by atoms with Crippen LogP contribution in [-0.4, -0.2) is 42.8 Å². The van der Waals surface area contributed by atoms with Gasteiger partial charge in [-0.2, -0.15) is 0 Å². The molecule has 2 atom stereocenters. The lowest BCUT2D eigenvalue weighted by Crippen LogP contribution is -2.29. The molecule has 0 heterocycles. The van der Waals surface area contributed by atoms with Crippen molar-refractivity contribution in [3.05, 3.63) is 48.6 Å². The highest BCUT2D eigenvalue weighted by atomic mass is 31.2. The number of allylic oxidation sites excluding steroid dienone is 8. The van der Waals surface area contributed by atoms with Gasteiger partial charge in [-0.1, -0.05) is 204 Å². The van der Waals surface area contributed by atoms with Crippen molar-refractivity contribution in [3.8, 4) is 0 Å². The molecule has 0 rings (SSSR count). The molecule has 1 N–H and O–H groups in total. The fourth-order valence-corrected chi connectivity index (χ4v) is 7.44. The van der Waals surface area contributed by atoms with E-state index in [2.05, 4.69) is 62.5 Å². The van der Waals surface area contributed by atoms with Gasteiger partial charge in [0.05, 0.1) is 13.2 Å². The van der Waals surface area contributed by atoms with Crippen LogP contribution in [0.3, 0.4) is 0 Å². The molecular formula is C49H89O8P. The summed E-state index contributed by atoms with van der Waals surface area (Å²) in [7, 11) is -4.29. The van der Waals surface area contributed by atoms with E-state index in [4.69, 9.17) is 18.5 Å². The van der Waals surface area contributed by atoms with Crippen molar-refractivity contribution in [1.82, 2.24) is 0 Å². The molecule has 0 saturated carbocycles. The van der Waals surface area contributed by atoms with Crippen LogP contribution in [-0.2, 0) is 32.7 Å². The summed E-state index contributed by atoms with van der Waals surface area (Å²) in [6.07, 6.45) is 53.2. The number of carbonyl (C=O) groups excluding carboxylic acids is 2. The summed E-state index contributed by atoms with van der Waals surface area (Å²) in [6.45, 7) is 5.36. The van der Waals surface area contributed by atoms with Gasteiger partial charge < -0.3 is 14.4 Å². The molecular weight excluding hydrogens is 748 g/mol. The zero-order valence-electron chi connectivity index (χ0n) is 37.7. The minimum absolute atomic E-state index is 0.00495. The van der Waals surface area contributed by atoms with Gasteiger partial charge in [-0.15, -0.1) is 0 Å². The summed E-state index contributed by atoms with van der Waals surface area (Å²) in [5.74, 6) is -0.818. The highest BCUT2D eigenvalue weighted by Crippen LogP contribution is 2.43. The Hall–Kier alpha value is -1.99. The van der Waals surface area contributed by atoms with Crippen LogP contribution in [0.4, 0.5) is 0 Å². The van der Waals surface area contributed by atoms with Crippen LogP contribution in [0.25, 0.3) is 0 Å². The lowest BCUT2D eigenvalue weighted by atomic mass is 10.0. The Morgan fingerprint density at radius 2 is 0.879 bits per heavy atom. The van der Waals surface area contributed by atoms with Gasteiger partial charge in [-0.05, 0) is 58.3 Å². The number of carbonyl (C=O) groups is 2. The van der Waals surface area contributed by atoms with Gasteiger partial charge in [-0.25, -0.2) is 4.57 Å². The molecule has 0 amide bonds. The second kappa shape index (κ2) is 44.6. The first-order valence-corrected chi connectivity index (χ1v) is 25.4. The first kappa shape index (κ1) is 56.0. The molecule has 0 spiro atoms. The van der Waals surface area contributed by atoms with Crippen molar-refractivity contribution in [2.45, 2.75) is 232 Å². The number of rotatable bonds is 44. The number of phosphoric acid groups is 1. The number of esters is 2. The largest absolute Gasteiger partial charge is 0.472 e. The van der Waals surface area contributed by atoms with Gasteiger partial charge in [0, 0.05) is 12.8 Å². The van der Waals surface area contributed by atoms with Crippen LogP contribution in [0.2, 0.25) is 0 Å². The third-order valence-corrected chi connectivity index (χ3v) is 11.2. The molecule has 0 aliphatic heterocycles. The molecule has 0 aliphatic rings. The number of hydrogen-bond donors (Lipinski definition) is 1. The van der Waals surface area contributed by atoms with Crippen LogP contribution >= 0.6 is 7.82 Å². The highest BCUT2D eigenvalue weighted by molar-refractivity contribution is 7.47. The number of hydrogen-bond acceptors (Lipinski definition) is 7. The van der Waals surface area contributed by atoms with Gasteiger partial charge in [0.2, 0.25) is 0 Å². The number of ether oxygens (including phenoxy) is 2. The average Bonchev–Trinajstić information content (AvgIpc) is 3.20. The minimum Gasteiger partial charge on any atom is -0.462 e. The summed E-state index contributed by atoms with van der Waals surface area (Å²) in [5, 5.41) is 0. The minimum atomic E-state index is -4.29. The Kier molecular flexibility index (Phi) is 43.0. The molecule has 8 nitrogen and oxygen atoms in total. The topological polar surface area (TPSA) is 108 Å². The maximum absolute atomic E-state index is 12.6. The van der Waals surface area contributed by atoms with Crippen LogP contribution in [0, 0.1) is 0 Å². The molecule has 58 heavy (non-hydrogen) atoms. The van der Waals surface area contributed by atoms with E-state index in [0.717, 1.165) is 70.6 Å². The first-order chi connectivity index (χ1) is 28.3. The lowest BCUT2D eigenvalue weighted by Gasteiger charge is -2.19. The lowest BCUT2D eigenvalue weighted by molar-refractivity contribution is -0.161. The smallest absolute Gasteiger partial charge is 0.462 e. The van der Waals surface area contributed by atoms with E-state index in [9.17, 15) is 19.0 Å². The summed E-state index contributed by atoms with van der Waals surface area (Å²) >= 11 is 0. The fraction of sp³-hybridized carbons (Fsp3) is 0.796. The Morgan fingerprint density at radius 1 is 0.483 bits per heavy atom. The van der Waals surface area contributed by atoms with E-state index in [1.165, 1.54) is 116 Å². The van der Waals surface area contributed by atoms with Crippen LogP contribution in [0.5, 0.6) is 0 Å². The highest BCUT2D eigenvalue weighted by Gasteiger charge is 2.25. The molecule has 0 aromatic carbocycles. The molecule has 0 fully saturated rings. The van der Waals surface area contributed by atoms with Gasteiger partial charge in [0.15, 0.2) is 6.10 Å². The van der Waals surface area contributed by atoms with Crippen molar-refractivity contribution in [2.75, 3.05) is 19.8 Å². The van der Waals surface area contributed by atoms with Crippen molar-refractivity contribution in [3.63, 3.8) is 0 Å². The van der Waals surface area contributed by atoms with E-state index in [1.54, 1.807) is 6.92 Å². The monoisotopic (exact) mass is 837 g/mol. The summed E-state index contributed by atoms with van der Waals surface area (Å²) in [4.78, 5) is 34.8. The molecule has 0 aromatic heterocycles. The Labute approximate surface area is 357 Å². The van der Waals surface area contributed by atoms with Crippen molar-refractivity contribution >= 4 is 19.8 Å². The molecule has 0 aromatic rings. The summed E-state index contributed by atoms with van der Waals surface area (Å²) in [6, 6.07) is 0. The molecule has 9 heteroatoms. The van der Waals surface area contributed by atoms with E-state index in [1.807, 2.05) is 0 Å². The van der Waals surface area contributed by atoms with Gasteiger partial charge in [0.1, 0.15) is 6.61 Å². The average molecular weight is 837 g/mol. The maximum atomic E-state index is 12.6.